The number of aromatic nitrogens is 2. The first-order chi connectivity index (χ1) is 15.2. The highest BCUT2D eigenvalue weighted by Crippen LogP contribution is 2.68. The van der Waals surface area contributed by atoms with Crippen molar-refractivity contribution in [3.63, 3.8) is 0 Å². The molecule has 6 nitrogen and oxygen atoms in total. The van der Waals surface area contributed by atoms with Gasteiger partial charge in [-0.2, -0.15) is 5.10 Å². The van der Waals surface area contributed by atoms with Crippen LogP contribution in [0.2, 0.25) is 0 Å². The van der Waals surface area contributed by atoms with Crippen molar-refractivity contribution in [1.82, 2.24) is 20.4 Å². The van der Waals surface area contributed by atoms with Gasteiger partial charge in [-0.3, -0.25) is 9.59 Å². The molecule has 2 bridgehead atoms. The average Bonchev–Trinajstić information content (AvgIpc) is 3.41. The zero-order chi connectivity index (χ0) is 22.8. The third-order valence-electron chi connectivity index (χ3n) is 8.03. The third kappa shape index (κ3) is 2.55. The number of hydrogen-bond donors (Lipinski definition) is 1. The van der Waals surface area contributed by atoms with Gasteiger partial charge >= 0.3 is 0 Å². The fraction of sp³-hybridized carbons (Fsp3) is 0.500. The minimum atomic E-state index is -0.900. The number of carbonyl (C=O) groups excluding carboxylic acids is 2. The van der Waals surface area contributed by atoms with E-state index >= 15 is 0 Å². The molecule has 2 amide bonds. The van der Waals surface area contributed by atoms with Crippen molar-refractivity contribution in [3.8, 4) is 11.3 Å². The van der Waals surface area contributed by atoms with E-state index in [1.54, 1.807) is 18.0 Å². The van der Waals surface area contributed by atoms with Crippen molar-refractivity contribution in [1.29, 1.82) is 0 Å². The van der Waals surface area contributed by atoms with E-state index in [1.807, 2.05) is 0 Å². The highest BCUT2D eigenvalue weighted by atomic mass is 19.1. The molecule has 1 aromatic carbocycles. The molecule has 2 aromatic rings. The smallest absolute Gasteiger partial charge is 0.242 e. The van der Waals surface area contributed by atoms with Gasteiger partial charge < -0.3 is 10.2 Å². The Labute approximate surface area is 185 Å². The lowest BCUT2D eigenvalue weighted by molar-refractivity contribution is -0.145. The normalized spacial score (nSPS) is 27.5. The number of carbonyl (C=O) groups is 2. The summed E-state index contributed by atoms with van der Waals surface area (Å²) < 4.78 is 28.8. The summed E-state index contributed by atoms with van der Waals surface area (Å²) in [6.07, 6.45) is 2.80. The molecule has 1 aliphatic heterocycles. The van der Waals surface area contributed by atoms with E-state index in [4.69, 9.17) is 0 Å². The molecular formula is C24H26F2N4O2. The molecule has 2 aliphatic carbocycles. The summed E-state index contributed by atoms with van der Waals surface area (Å²) in [6.45, 7) is 4.64. The summed E-state index contributed by atoms with van der Waals surface area (Å²) in [5, 5.41) is 11.3. The summed E-state index contributed by atoms with van der Waals surface area (Å²) >= 11 is 0. The Morgan fingerprint density at radius 1 is 1.16 bits per heavy atom. The number of hydrogen-bond acceptors (Lipinski definition) is 4. The number of amides is 2. The Balaban J connectivity index is 1.62. The van der Waals surface area contributed by atoms with Gasteiger partial charge in [0.05, 0.1) is 22.4 Å². The molecule has 1 saturated heterocycles. The molecule has 8 heteroatoms. The van der Waals surface area contributed by atoms with Crippen molar-refractivity contribution >= 4 is 11.8 Å². The van der Waals surface area contributed by atoms with Crippen molar-refractivity contribution in [2.75, 3.05) is 13.6 Å². The van der Waals surface area contributed by atoms with Gasteiger partial charge in [0.2, 0.25) is 11.8 Å². The van der Waals surface area contributed by atoms with Crippen LogP contribution in [0.1, 0.15) is 56.7 Å². The third-order valence-corrected chi connectivity index (χ3v) is 8.03. The molecule has 168 valence electrons. The number of benzene rings is 1. The fourth-order valence-electron chi connectivity index (χ4n) is 6.36. The summed E-state index contributed by atoms with van der Waals surface area (Å²) in [4.78, 5) is 28.2. The Kier molecular flexibility index (Phi) is 4.62. The second-order valence-electron chi connectivity index (χ2n) is 9.62. The minimum Gasteiger partial charge on any atom is -0.357 e. The number of likely N-dealkylation sites (N-methyl/N-ethyl adjacent to an activating group) is 1. The number of fused-ring (bicyclic) bond motifs is 5. The Morgan fingerprint density at radius 3 is 2.56 bits per heavy atom. The Morgan fingerprint density at radius 2 is 1.88 bits per heavy atom. The second-order valence-corrected chi connectivity index (χ2v) is 9.62. The van der Waals surface area contributed by atoms with Gasteiger partial charge in [-0.1, -0.05) is 19.9 Å². The van der Waals surface area contributed by atoms with Crippen LogP contribution in [0.5, 0.6) is 0 Å². The molecule has 1 saturated carbocycles. The van der Waals surface area contributed by atoms with Crippen LogP contribution in [0.3, 0.4) is 0 Å². The molecule has 0 spiro atoms. The van der Waals surface area contributed by atoms with Crippen molar-refractivity contribution in [3.05, 3.63) is 47.2 Å². The zero-order valence-electron chi connectivity index (χ0n) is 18.4. The maximum atomic E-state index is 14.4. The first-order valence-electron chi connectivity index (χ1n) is 11.1. The van der Waals surface area contributed by atoms with E-state index in [1.165, 1.54) is 18.2 Å². The van der Waals surface area contributed by atoms with E-state index in [-0.39, 0.29) is 29.0 Å². The van der Waals surface area contributed by atoms with Crippen LogP contribution in [0.4, 0.5) is 8.78 Å². The minimum absolute atomic E-state index is 0.0200. The van der Waals surface area contributed by atoms with Gasteiger partial charge in [0.15, 0.2) is 0 Å². The molecule has 2 fully saturated rings. The topological polar surface area (TPSA) is 75.2 Å². The van der Waals surface area contributed by atoms with Crippen LogP contribution >= 0.6 is 0 Å². The van der Waals surface area contributed by atoms with Crippen LogP contribution in [-0.4, -0.2) is 46.5 Å². The lowest BCUT2D eigenvalue weighted by atomic mass is 9.67. The van der Waals surface area contributed by atoms with Gasteiger partial charge in [0, 0.05) is 13.6 Å². The standard InChI is InChI=1S/C24H26F2N4O2/c1-23(2)14-9-10-24(23,22(32)30-11-5-8-18(30)21(31)27-3)20-13(14)12-17(28-29-20)19-15(25)6-4-7-16(19)26/h4,6-7,12,14,18H,5,8-11H2,1-3H3,(H,27,31)/t14-,18?,24+/m1/s1. The van der Waals surface area contributed by atoms with Gasteiger partial charge in [0.1, 0.15) is 17.7 Å². The van der Waals surface area contributed by atoms with Crippen molar-refractivity contribution in [2.24, 2.45) is 5.41 Å². The van der Waals surface area contributed by atoms with Gasteiger partial charge in [0.25, 0.3) is 0 Å². The van der Waals surface area contributed by atoms with Crippen molar-refractivity contribution in [2.45, 2.75) is 56.9 Å². The van der Waals surface area contributed by atoms with E-state index in [0.29, 0.717) is 25.1 Å². The second kappa shape index (κ2) is 7.05. The fourth-order valence-corrected chi connectivity index (χ4v) is 6.36. The number of nitrogens with zero attached hydrogens (tertiary/aromatic N) is 3. The number of nitrogens with one attached hydrogen (secondary N) is 1. The summed E-state index contributed by atoms with van der Waals surface area (Å²) in [6, 6.07) is 4.92. The number of halogens is 2. The first kappa shape index (κ1) is 21.0. The zero-order valence-corrected chi connectivity index (χ0v) is 18.4. The predicted molar refractivity (Wildman–Crippen MR) is 114 cm³/mol. The molecule has 3 atom stereocenters. The lowest BCUT2D eigenvalue weighted by Crippen LogP contribution is -2.55. The summed E-state index contributed by atoms with van der Waals surface area (Å²) in [5.41, 5.74) is -0.00544. The SMILES string of the molecule is CNC(=O)C1CCCN1C(=O)[C@]12CC[C@H](c3cc(-c4c(F)cccc4F)nnc31)C2(C)C. The quantitative estimate of drug-likeness (QED) is 0.795. The summed E-state index contributed by atoms with van der Waals surface area (Å²) in [7, 11) is 1.58. The van der Waals surface area contributed by atoms with Crippen LogP contribution in [-0.2, 0) is 15.0 Å². The van der Waals surface area contributed by atoms with Crippen LogP contribution in [0.25, 0.3) is 11.3 Å². The Bertz CT molecular complexity index is 1110. The van der Waals surface area contributed by atoms with Gasteiger partial charge in [-0.25, -0.2) is 8.78 Å². The van der Waals surface area contributed by atoms with Gasteiger partial charge in [-0.05, 0) is 60.8 Å². The molecule has 1 unspecified atom stereocenters. The van der Waals surface area contributed by atoms with E-state index < -0.39 is 28.5 Å². The molecule has 2 heterocycles. The average molecular weight is 440 g/mol. The lowest BCUT2D eigenvalue weighted by Gasteiger charge is -2.40. The van der Waals surface area contributed by atoms with E-state index in [9.17, 15) is 18.4 Å². The summed E-state index contributed by atoms with van der Waals surface area (Å²) in [5.74, 6) is -1.62. The molecule has 5 rings (SSSR count). The van der Waals surface area contributed by atoms with Gasteiger partial charge in [-0.15, -0.1) is 5.10 Å². The Hall–Kier alpha value is -2.90. The molecule has 0 radical (unpaired) electrons. The first-order valence-corrected chi connectivity index (χ1v) is 11.1. The van der Waals surface area contributed by atoms with Crippen LogP contribution in [0.15, 0.2) is 24.3 Å². The van der Waals surface area contributed by atoms with E-state index in [0.717, 1.165) is 18.4 Å². The number of likely N-dealkylation sites (tertiary alicyclic amines) is 1. The monoisotopic (exact) mass is 440 g/mol. The maximum Gasteiger partial charge on any atom is 0.242 e. The molecule has 32 heavy (non-hydrogen) atoms. The molecule has 1 aromatic heterocycles. The predicted octanol–water partition coefficient (Wildman–Crippen LogP) is 3.31. The van der Waals surface area contributed by atoms with Crippen LogP contribution < -0.4 is 5.32 Å². The van der Waals surface area contributed by atoms with Crippen molar-refractivity contribution < 1.29 is 18.4 Å². The maximum absolute atomic E-state index is 14.4. The highest BCUT2D eigenvalue weighted by molar-refractivity contribution is 5.96. The van der Waals surface area contributed by atoms with E-state index in [2.05, 4.69) is 29.4 Å². The number of rotatable bonds is 3. The van der Waals surface area contributed by atoms with Crippen LogP contribution in [0, 0.1) is 17.0 Å². The molecular weight excluding hydrogens is 414 g/mol. The largest absolute Gasteiger partial charge is 0.357 e. The highest BCUT2D eigenvalue weighted by Gasteiger charge is 2.68. The molecule has 3 aliphatic rings. The molecule has 1 N–H and O–H groups in total.